The van der Waals surface area contributed by atoms with Crippen LogP contribution in [0.5, 0.6) is 5.75 Å². The molecular formula is C21H21ClN4O3. The first-order chi connectivity index (χ1) is 13.8. The molecule has 150 valence electrons. The van der Waals surface area contributed by atoms with Crippen LogP contribution in [-0.2, 0) is 4.79 Å². The van der Waals surface area contributed by atoms with Crippen molar-refractivity contribution in [3.8, 4) is 11.4 Å². The summed E-state index contributed by atoms with van der Waals surface area (Å²) in [5.41, 5.74) is 7.83. The Bertz CT molecular complexity index is 1030. The van der Waals surface area contributed by atoms with Crippen LogP contribution in [-0.4, -0.2) is 27.7 Å². The van der Waals surface area contributed by atoms with E-state index in [0.717, 1.165) is 16.8 Å². The lowest BCUT2D eigenvalue weighted by atomic mass is 10.1. The van der Waals surface area contributed by atoms with Crippen LogP contribution in [0.3, 0.4) is 0 Å². The molecule has 2 N–H and O–H groups in total. The van der Waals surface area contributed by atoms with Gasteiger partial charge in [0.1, 0.15) is 5.75 Å². The summed E-state index contributed by atoms with van der Waals surface area (Å²) in [5, 5.41) is 4.76. The summed E-state index contributed by atoms with van der Waals surface area (Å²) >= 11 is 5.87. The fraction of sp³-hybridized carbons (Fsp3) is 0.190. The highest BCUT2D eigenvalue weighted by Gasteiger charge is 2.17. The molecule has 0 aliphatic rings. The van der Waals surface area contributed by atoms with Crippen molar-refractivity contribution in [1.29, 1.82) is 0 Å². The number of carbonyl (C=O) groups is 2. The predicted molar refractivity (Wildman–Crippen MR) is 110 cm³/mol. The third-order valence-electron chi connectivity index (χ3n) is 4.46. The first-order valence-electron chi connectivity index (χ1n) is 8.99. The van der Waals surface area contributed by atoms with E-state index >= 15 is 0 Å². The Labute approximate surface area is 173 Å². The number of hydrogen-bond donors (Lipinski definition) is 2. The molecule has 0 aliphatic heterocycles. The number of nitrogens with one attached hydrogen (secondary N) is 2. The molecule has 0 fully saturated rings. The van der Waals surface area contributed by atoms with Crippen molar-refractivity contribution >= 4 is 23.4 Å². The zero-order chi connectivity index (χ0) is 21.0. The van der Waals surface area contributed by atoms with Gasteiger partial charge in [-0.3, -0.25) is 20.4 Å². The first kappa shape index (κ1) is 20.4. The van der Waals surface area contributed by atoms with Gasteiger partial charge >= 0.3 is 0 Å². The number of amides is 2. The number of ether oxygens (including phenoxy) is 1. The van der Waals surface area contributed by atoms with E-state index in [-0.39, 0.29) is 0 Å². The molecule has 1 aromatic heterocycles. The molecule has 2 aromatic carbocycles. The molecule has 1 unspecified atom stereocenters. The summed E-state index contributed by atoms with van der Waals surface area (Å²) in [6.45, 7) is 5.51. The maximum atomic E-state index is 12.3. The number of rotatable bonds is 5. The van der Waals surface area contributed by atoms with Crippen molar-refractivity contribution in [1.82, 2.24) is 20.6 Å². The van der Waals surface area contributed by atoms with E-state index in [2.05, 4.69) is 16.0 Å². The van der Waals surface area contributed by atoms with Crippen molar-refractivity contribution in [3.05, 3.63) is 76.6 Å². The highest BCUT2D eigenvalue weighted by molar-refractivity contribution is 6.30. The van der Waals surface area contributed by atoms with Crippen LogP contribution in [0.4, 0.5) is 0 Å². The van der Waals surface area contributed by atoms with Gasteiger partial charge in [0.2, 0.25) is 0 Å². The highest BCUT2D eigenvalue weighted by atomic mass is 35.5. The smallest absolute Gasteiger partial charge is 0.279 e. The summed E-state index contributed by atoms with van der Waals surface area (Å²) in [5.74, 6) is -0.329. The van der Waals surface area contributed by atoms with E-state index in [0.29, 0.717) is 16.3 Å². The van der Waals surface area contributed by atoms with Gasteiger partial charge in [-0.2, -0.15) is 5.10 Å². The zero-order valence-electron chi connectivity index (χ0n) is 16.3. The lowest BCUT2D eigenvalue weighted by Gasteiger charge is -2.17. The van der Waals surface area contributed by atoms with E-state index in [1.807, 2.05) is 26.0 Å². The van der Waals surface area contributed by atoms with Gasteiger partial charge in [0, 0.05) is 11.2 Å². The molecule has 0 bridgehead atoms. The van der Waals surface area contributed by atoms with Crippen LogP contribution in [0.15, 0.2) is 54.9 Å². The second kappa shape index (κ2) is 8.79. The summed E-state index contributed by atoms with van der Waals surface area (Å²) < 4.78 is 7.25. The lowest BCUT2D eigenvalue weighted by molar-refractivity contribution is -0.128. The Morgan fingerprint density at radius 1 is 1.10 bits per heavy atom. The molecule has 3 rings (SSSR count). The molecule has 1 atom stereocenters. The van der Waals surface area contributed by atoms with E-state index in [9.17, 15) is 9.59 Å². The summed E-state index contributed by atoms with van der Waals surface area (Å²) in [6, 6.07) is 12.7. The van der Waals surface area contributed by atoms with Gasteiger partial charge in [0.15, 0.2) is 6.10 Å². The Hall–Kier alpha value is -3.32. The largest absolute Gasteiger partial charge is 0.481 e. The van der Waals surface area contributed by atoms with Crippen LogP contribution in [0, 0.1) is 13.8 Å². The van der Waals surface area contributed by atoms with Gasteiger partial charge < -0.3 is 4.74 Å². The summed E-state index contributed by atoms with van der Waals surface area (Å²) in [6.07, 6.45) is 2.18. The zero-order valence-corrected chi connectivity index (χ0v) is 17.0. The molecule has 29 heavy (non-hydrogen) atoms. The number of aromatic nitrogens is 2. The van der Waals surface area contributed by atoms with Crippen molar-refractivity contribution in [2.75, 3.05) is 0 Å². The van der Waals surface area contributed by atoms with Gasteiger partial charge in [0.05, 0.1) is 17.4 Å². The Morgan fingerprint density at radius 2 is 1.83 bits per heavy atom. The van der Waals surface area contributed by atoms with Crippen molar-refractivity contribution in [3.63, 3.8) is 0 Å². The van der Waals surface area contributed by atoms with E-state index < -0.39 is 17.9 Å². The van der Waals surface area contributed by atoms with Crippen LogP contribution >= 0.6 is 11.6 Å². The Morgan fingerprint density at radius 3 is 2.55 bits per heavy atom. The third kappa shape index (κ3) is 4.94. The monoisotopic (exact) mass is 412 g/mol. The molecule has 3 aromatic rings. The maximum absolute atomic E-state index is 12.3. The van der Waals surface area contributed by atoms with Crippen molar-refractivity contribution in [2.24, 2.45) is 0 Å². The second-order valence-electron chi connectivity index (χ2n) is 6.55. The normalized spacial score (nSPS) is 11.6. The van der Waals surface area contributed by atoms with E-state index in [1.54, 1.807) is 48.1 Å². The molecular weight excluding hydrogens is 392 g/mol. The van der Waals surface area contributed by atoms with Gasteiger partial charge in [-0.05, 0) is 62.2 Å². The number of nitrogens with zero attached hydrogens (tertiary/aromatic N) is 2. The van der Waals surface area contributed by atoms with Crippen LogP contribution < -0.4 is 15.6 Å². The second-order valence-corrected chi connectivity index (χ2v) is 6.99. The molecule has 0 saturated heterocycles. The average Bonchev–Trinajstić information content (AvgIpc) is 3.20. The number of aryl methyl sites for hydroxylation is 1. The Kier molecular flexibility index (Phi) is 6.19. The summed E-state index contributed by atoms with van der Waals surface area (Å²) in [4.78, 5) is 24.5. The first-order valence-corrected chi connectivity index (χ1v) is 9.36. The molecule has 1 heterocycles. The van der Waals surface area contributed by atoms with Crippen molar-refractivity contribution < 1.29 is 14.3 Å². The SMILES string of the molecule is Cc1cccc(OC(C)C(=O)NNC(=O)c2cnn(-c3ccc(Cl)cc3)c2)c1C. The van der Waals surface area contributed by atoms with E-state index in [1.165, 1.54) is 6.20 Å². The minimum Gasteiger partial charge on any atom is -0.481 e. The minimum absolute atomic E-state index is 0.295. The third-order valence-corrected chi connectivity index (χ3v) is 4.72. The quantitative estimate of drug-likeness (QED) is 0.629. The minimum atomic E-state index is -0.785. The summed E-state index contributed by atoms with van der Waals surface area (Å²) in [7, 11) is 0. The molecule has 0 radical (unpaired) electrons. The maximum Gasteiger partial charge on any atom is 0.279 e. The van der Waals surface area contributed by atoms with Gasteiger partial charge in [-0.15, -0.1) is 0 Å². The number of carbonyl (C=O) groups excluding carboxylic acids is 2. The topological polar surface area (TPSA) is 85.2 Å². The molecule has 0 saturated carbocycles. The fourth-order valence-electron chi connectivity index (χ4n) is 2.56. The molecule has 2 amide bonds. The predicted octanol–water partition coefficient (Wildman–Crippen LogP) is 3.37. The number of halogens is 1. The van der Waals surface area contributed by atoms with Crippen molar-refractivity contribution in [2.45, 2.75) is 26.9 Å². The molecule has 8 heteroatoms. The fourth-order valence-corrected chi connectivity index (χ4v) is 2.69. The highest BCUT2D eigenvalue weighted by Crippen LogP contribution is 2.21. The average molecular weight is 413 g/mol. The van der Waals surface area contributed by atoms with Gasteiger partial charge in [-0.25, -0.2) is 4.68 Å². The van der Waals surface area contributed by atoms with Crippen LogP contribution in [0.2, 0.25) is 5.02 Å². The van der Waals surface area contributed by atoms with Crippen LogP contribution in [0.25, 0.3) is 5.69 Å². The lowest BCUT2D eigenvalue weighted by Crippen LogP contribution is -2.47. The number of benzene rings is 2. The molecule has 0 spiro atoms. The van der Waals surface area contributed by atoms with E-state index in [4.69, 9.17) is 16.3 Å². The molecule has 0 aliphatic carbocycles. The van der Waals surface area contributed by atoms with Gasteiger partial charge in [-0.1, -0.05) is 23.7 Å². The van der Waals surface area contributed by atoms with Gasteiger partial charge in [0.25, 0.3) is 11.8 Å². The number of hydrogen-bond acceptors (Lipinski definition) is 4. The molecule has 7 nitrogen and oxygen atoms in total. The number of hydrazine groups is 1. The van der Waals surface area contributed by atoms with Crippen LogP contribution in [0.1, 0.15) is 28.4 Å². The Balaban J connectivity index is 1.56. The standard InChI is InChI=1S/C21H21ClN4O3/c1-13-5-4-6-19(14(13)2)29-15(3)20(27)24-25-21(28)16-11-23-26(12-16)18-9-7-17(22)8-10-18/h4-12,15H,1-3H3,(H,24,27)(H,25,28).